The molecule has 1 heterocycles. The Morgan fingerprint density at radius 3 is 2.21 bits per heavy atom. The number of rotatable bonds is 5. The highest BCUT2D eigenvalue weighted by Crippen LogP contribution is 2.38. The minimum atomic E-state index is -3.95. The summed E-state index contributed by atoms with van der Waals surface area (Å²) in [7, 11) is -3.95. The molecule has 1 fully saturated rings. The van der Waals surface area contributed by atoms with Gasteiger partial charge >= 0.3 is 5.97 Å². The van der Waals surface area contributed by atoms with Crippen molar-refractivity contribution in [3.8, 4) is 11.5 Å². The average molecular weight is 486 g/mol. The number of nitrogens with zero attached hydrogens (tertiary/aromatic N) is 1. The first-order chi connectivity index (χ1) is 13.1. The predicted molar refractivity (Wildman–Crippen MR) is 113 cm³/mol. The number of thioether (sulfide) groups is 1. The van der Waals surface area contributed by atoms with Gasteiger partial charge in [-0.05, 0) is 62.4 Å². The molecule has 0 radical (unpaired) electrons. The minimum absolute atomic E-state index is 0.0459. The monoisotopic (exact) mass is 485 g/mol. The molecular formula is C19H20BrNO5S2. The molecule has 0 amide bonds. The Bertz CT molecular complexity index is 959. The fraction of sp³-hybridized carbons (Fsp3) is 0.316. The lowest BCUT2D eigenvalue weighted by Crippen LogP contribution is -2.58. The molecular weight excluding hydrogens is 466 g/mol. The van der Waals surface area contributed by atoms with Crippen molar-refractivity contribution in [3.63, 3.8) is 0 Å². The van der Waals surface area contributed by atoms with Gasteiger partial charge in [0.1, 0.15) is 17.5 Å². The van der Waals surface area contributed by atoms with Gasteiger partial charge in [-0.3, -0.25) is 4.79 Å². The second kappa shape index (κ2) is 8.06. The summed E-state index contributed by atoms with van der Waals surface area (Å²) in [4.78, 5) is 11.8. The lowest BCUT2D eigenvalue weighted by Gasteiger charge is -2.42. The van der Waals surface area contributed by atoms with Crippen molar-refractivity contribution >= 4 is 43.7 Å². The molecule has 9 heteroatoms. The van der Waals surface area contributed by atoms with Crippen LogP contribution in [0, 0.1) is 0 Å². The standard InChI is InChI=1S/C19H20BrNO5S2/c1-19(2)17(18(22)23)21(11-12-27-19)28(24,25)16-9-7-15(8-10-16)26-14-5-3-13(20)4-6-14/h3-10,17H,11-12H2,1-2H3,(H,22,23)/t17-/m0/s1. The number of sulfonamides is 1. The summed E-state index contributed by atoms with van der Waals surface area (Å²) in [5, 5.41) is 9.64. The molecule has 2 aromatic rings. The third-order valence-electron chi connectivity index (χ3n) is 4.45. The molecule has 0 saturated carbocycles. The van der Waals surface area contributed by atoms with E-state index in [2.05, 4.69) is 15.9 Å². The van der Waals surface area contributed by atoms with Gasteiger partial charge in [0, 0.05) is 21.5 Å². The lowest BCUT2D eigenvalue weighted by atomic mass is 10.0. The van der Waals surface area contributed by atoms with Crippen LogP contribution in [-0.2, 0) is 14.8 Å². The highest BCUT2D eigenvalue weighted by Gasteiger charge is 2.48. The Morgan fingerprint density at radius 1 is 1.14 bits per heavy atom. The molecule has 0 bridgehead atoms. The van der Waals surface area contributed by atoms with Crippen molar-refractivity contribution in [1.82, 2.24) is 4.31 Å². The van der Waals surface area contributed by atoms with Crippen molar-refractivity contribution in [2.45, 2.75) is 29.5 Å². The van der Waals surface area contributed by atoms with Crippen LogP contribution in [-0.4, -0.2) is 46.9 Å². The molecule has 0 aliphatic carbocycles. The molecule has 0 spiro atoms. The van der Waals surface area contributed by atoms with Crippen LogP contribution in [0.3, 0.4) is 0 Å². The van der Waals surface area contributed by atoms with Crippen molar-refractivity contribution in [2.75, 3.05) is 12.3 Å². The minimum Gasteiger partial charge on any atom is -0.480 e. The third-order valence-corrected chi connectivity index (χ3v) is 8.21. The first-order valence-electron chi connectivity index (χ1n) is 8.53. The zero-order valence-corrected chi connectivity index (χ0v) is 18.6. The maximum atomic E-state index is 13.1. The first kappa shape index (κ1) is 21.2. The van der Waals surface area contributed by atoms with Crippen molar-refractivity contribution in [1.29, 1.82) is 0 Å². The fourth-order valence-corrected chi connectivity index (χ4v) is 6.45. The second-order valence-electron chi connectivity index (χ2n) is 6.84. The molecule has 28 heavy (non-hydrogen) atoms. The summed E-state index contributed by atoms with van der Waals surface area (Å²) in [6.45, 7) is 3.67. The highest BCUT2D eigenvalue weighted by molar-refractivity contribution is 9.10. The molecule has 2 aromatic carbocycles. The van der Waals surface area contributed by atoms with Crippen LogP contribution >= 0.6 is 27.7 Å². The van der Waals surface area contributed by atoms with Crippen molar-refractivity contribution < 1.29 is 23.1 Å². The molecule has 1 aliphatic heterocycles. The van der Waals surface area contributed by atoms with Gasteiger partial charge in [0.25, 0.3) is 0 Å². The van der Waals surface area contributed by atoms with E-state index in [0.29, 0.717) is 17.3 Å². The molecule has 1 atom stereocenters. The Balaban J connectivity index is 1.85. The number of ether oxygens (including phenoxy) is 1. The first-order valence-corrected chi connectivity index (χ1v) is 11.8. The van der Waals surface area contributed by atoms with E-state index in [1.54, 1.807) is 38.1 Å². The SMILES string of the molecule is CC1(C)SCCN(S(=O)(=O)c2ccc(Oc3ccc(Br)cc3)cc2)[C@H]1C(=O)O. The van der Waals surface area contributed by atoms with Crippen LogP contribution in [0.25, 0.3) is 0 Å². The van der Waals surface area contributed by atoms with Crippen LogP contribution in [0.15, 0.2) is 57.9 Å². The lowest BCUT2D eigenvalue weighted by molar-refractivity contribution is -0.142. The zero-order valence-electron chi connectivity index (χ0n) is 15.3. The summed E-state index contributed by atoms with van der Waals surface area (Å²) < 4.78 is 33.2. The third kappa shape index (κ3) is 4.37. The highest BCUT2D eigenvalue weighted by atomic mass is 79.9. The molecule has 1 aliphatic rings. The number of hydrogen-bond acceptors (Lipinski definition) is 5. The number of benzene rings is 2. The Hall–Kier alpha value is -1.55. The van der Waals surface area contributed by atoms with Gasteiger partial charge in [-0.2, -0.15) is 16.1 Å². The molecule has 0 unspecified atom stereocenters. The maximum absolute atomic E-state index is 13.1. The second-order valence-corrected chi connectivity index (χ2v) is 11.4. The van der Waals surface area contributed by atoms with Crippen LogP contribution in [0.1, 0.15) is 13.8 Å². The van der Waals surface area contributed by atoms with E-state index >= 15 is 0 Å². The smallest absolute Gasteiger partial charge is 0.323 e. The number of aliphatic carboxylic acids is 1. The largest absolute Gasteiger partial charge is 0.480 e. The molecule has 3 rings (SSSR count). The van der Waals surface area contributed by atoms with E-state index in [1.807, 2.05) is 12.1 Å². The Kier molecular flexibility index (Phi) is 6.09. The molecule has 150 valence electrons. The molecule has 1 N–H and O–H groups in total. The number of carbonyl (C=O) groups is 1. The summed E-state index contributed by atoms with van der Waals surface area (Å²) in [5.41, 5.74) is 0. The Labute approximate surface area is 177 Å². The van der Waals surface area contributed by atoms with Gasteiger partial charge in [-0.25, -0.2) is 8.42 Å². The fourth-order valence-electron chi connectivity index (χ4n) is 3.09. The van der Waals surface area contributed by atoms with Crippen LogP contribution in [0.5, 0.6) is 11.5 Å². The number of halogens is 1. The summed E-state index contributed by atoms with van der Waals surface area (Å²) >= 11 is 4.82. The number of carboxylic acid groups (broad SMARTS) is 1. The van der Waals surface area contributed by atoms with Gasteiger partial charge < -0.3 is 9.84 Å². The molecule has 1 saturated heterocycles. The summed E-state index contributed by atoms with van der Waals surface area (Å²) in [6.07, 6.45) is 0. The van der Waals surface area contributed by atoms with Gasteiger partial charge in [-0.1, -0.05) is 15.9 Å². The average Bonchev–Trinajstić information content (AvgIpc) is 2.63. The van der Waals surface area contributed by atoms with Crippen LogP contribution < -0.4 is 4.74 Å². The summed E-state index contributed by atoms with van der Waals surface area (Å²) in [6, 6.07) is 12.2. The van der Waals surface area contributed by atoms with Crippen LogP contribution in [0.2, 0.25) is 0 Å². The quantitative estimate of drug-likeness (QED) is 0.682. The van der Waals surface area contributed by atoms with Crippen molar-refractivity contribution in [3.05, 3.63) is 53.0 Å². The normalized spacial score (nSPS) is 19.9. The van der Waals surface area contributed by atoms with Crippen LogP contribution in [0.4, 0.5) is 0 Å². The van der Waals surface area contributed by atoms with Gasteiger partial charge in [0.2, 0.25) is 10.0 Å². The zero-order chi connectivity index (χ0) is 20.5. The van der Waals surface area contributed by atoms with E-state index in [0.717, 1.165) is 8.78 Å². The van der Waals surface area contributed by atoms with E-state index in [1.165, 1.54) is 23.9 Å². The molecule has 0 aromatic heterocycles. The topological polar surface area (TPSA) is 83.9 Å². The molecule has 6 nitrogen and oxygen atoms in total. The summed E-state index contributed by atoms with van der Waals surface area (Å²) in [5.74, 6) is 0.516. The Morgan fingerprint density at radius 2 is 1.68 bits per heavy atom. The van der Waals surface area contributed by atoms with E-state index in [4.69, 9.17) is 4.74 Å². The number of carboxylic acids is 1. The van der Waals surface area contributed by atoms with E-state index < -0.39 is 26.8 Å². The van der Waals surface area contributed by atoms with Gasteiger partial charge in [0.05, 0.1) is 4.90 Å². The number of hydrogen-bond donors (Lipinski definition) is 1. The van der Waals surface area contributed by atoms with Gasteiger partial charge in [-0.15, -0.1) is 0 Å². The predicted octanol–water partition coefficient (Wildman–Crippen LogP) is 4.21. The van der Waals surface area contributed by atoms with E-state index in [-0.39, 0.29) is 11.4 Å². The maximum Gasteiger partial charge on any atom is 0.323 e. The van der Waals surface area contributed by atoms with E-state index in [9.17, 15) is 18.3 Å². The van der Waals surface area contributed by atoms with Gasteiger partial charge in [0.15, 0.2) is 0 Å². The van der Waals surface area contributed by atoms with Crippen molar-refractivity contribution in [2.24, 2.45) is 0 Å².